The Morgan fingerprint density at radius 2 is 1.84 bits per heavy atom. The molecule has 2 atom stereocenters. The molecule has 0 bridgehead atoms. The highest BCUT2D eigenvalue weighted by Gasteiger charge is 2.30. The van der Waals surface area contributed by atoms with Crippen molar-refractivity contribution in [3.63, 3.8) is 0 Å². The van der Waals surface area contributed by atoms with Gasteiger partial charge in [0.05, 0.1) is 14.2 Å². The van der Waals surface area contributed by atoms with Gasteiger partial charge >= 0.3 is 12.1 Å². The fourth-order valence-corrected chi connectivity index (χ4v) is 1.75. The molecule has 102 valence electrons. The van der Waals surface area contributed by atoms with E-state index in [-0.39, 0.29) is 0 Å². The van der Waals surface area contributed by atoms with Crippen LogP contribution in [-0.2, 0) is 14.3 Å². The SMILES string of the molecule is C=CC(c1ccccc1)C(NC(=O)OC)C(=O)OC. The van der Waals surface area contributed by atoms with Crippen molar-refractivity contribution in [2.45, 2.75) is 12.0 Å². The molecule has 0 aliphatic rings. The summed E-state index contributed by atoms with van der Waals surface area (Å²) in [5.74, 6) is -0.952. The smallest absolute Gasteiger partial charge is 0.407 e. The number of carbonyl (C=O) groups is 2. The molecule has 0 radical (unpaired) electrons. The molecule has 1 N–H and O–H groups in total. The summed E-state index contributed by atoms with van der Waals surface area (Å²) < 4.78 is 9.22. The molecule has 0 aliphatic carbocycles. The summed E-state index contributed by atoms with van der Waals surface area (Å²) in [6.45, 7) is 3.71. The molecule has 0 fully saturated rings. The van der Waals surface area contributed by atoms with Gasteiger partial charge in [0.1, 0.15) is 6.04 Å². The second-order valence-electron chi connectivity index (χ2n) is 3.81. The summed E-state index contributed by atoms with van der Waals surface area (Å²) in [6.07, 6.45) is 0.894. The van der Waals surface area contributed by atoms with Crippen LogP contribution in [0.15, 0.2) is 43.0 Å². The molecule has 0 heterocycles. The molecule has 1 rings (SSSR count). The second-order valence-corrected chi connectivity index (χ2v) is 3.81. The number of ether oxygens (including phenoxy) is 2. The first-order valence-electron chi connectivity index (χ1n) is 5.73. The average Bonchev–Trinajstić information content (AvgIpc) is 2.47. The summed E-state index contributed by atoms with van der Waals surface area (Å²) in [5.41, 5.74) is 0.851. The van der Waals surface area contributed by atoms with E-state index in [1.165, 1.54) is 14.2 Å². The minimum absolute atomic E-state index is 0.396. The summed E-state index contributed by atoms with van der Waals surface area (Å²) in [7, 11) is 2.49. The predicted molar refractivity (Wildman–Crippen MR) is 70.7 cm³/mol. The zero-order valence-electron chi connectivity index (χ0n) is 11.0. The molecule has 1 amide bonds. The van der Waals surface area contributed by atoms with Gasteiger partial charge in [-0.05, 0) is 5.56 Å². The quantitative estimate of drug-likeness (QED) is 0.650. The standard InChI is InChI=1S/C14H17NO4/c1-4-11(10-8-6-5-7-9-10)12(13(16)18-2)15-14(17)19-3/h4-9,11-12H,1H2,2-3H3,(H,15,17). The summed E-state index contributed by atoms with van der Waals surface area (Å²) >= 11 is 0. The van der Waals surface area contributed by atoms with E-state index >= 15 is 0 Å². The molecular formula is C14H17NO4. The van der Waals surface area contributed by atoms with E-state index in [1.807, 2.05) is 30.3 Å². The maximum atomic E-state index is 11.8. The molecule has 19 heavy (non-hydrogen) atoms. The van der Waals surface area contributed by atoms with Crippen molar-refractivity contribution in [2.75, 3.05) is 14.2 Å². The Kier molecular flexibility index (Phi) is 5.60. The van der Waals surface area contributed by atoms with Gasteiger partial charge in [-0.2, -0.15) is 0 Å². The van der Waals surface area contributed by atoms with Gasteiger partial charge in [0.15, 0.2) is 0 Å². The number of amides is 1. The lowest BCUT2D eigenvalue weighted by Crippen LogP contribution is -2.45. The van der Waals surface area contributed by atoms with E-state index < -0.39 is 24.0 Å². The average molecular weight is 263 g/mol. The third kappa shape index (κ3) is 3.84. The lowest BCUT2D eigenvalue weighted by molar-refractivity contribution is -0.143. The number of benzene rings is 1. The van der Waals surface area contributed by atoms with Crippen LogP contribution in [0, 0.1) is 0 Å². The van der Waals surface area contributed by atoms with Crippen molar-refractivity contribution in [1.82, 2.24) is 5.32 Å². The molecule has 0 spiro atoms. The van der Waals surface area contributed by atoms with E-state index in [2.05, 4.69) is 16.6 Å². The van der Waals surface area contributed by atoms with Crippen molar-refractivity contribution < 1.29 is 19.1 Å². The Balaban J connectivity index is 3.03. The molecule has 1 aromatic carbocycles. The highest BCUT2D eigenvalue weighted by atomic mass is 16.5. The lowest BCUT2D eigenvalue weighted by atomic mass is 9.91. The molecule has 2 unspecified atom stereocenters. The van der Waals surface area contributed by atoms with Crippen molar-refractivity contribution in [2.24, 2.45) is 0 Å². The van der Waals surface area contributed by atoms with Crippen molar-refractivity contribution >= 4 is 12.1 Å². The van der Waals surface area contributed by atoms with Crippen LogP contribution in [-0.4, -0.2) is 32.3 Å². The Morgan fingerprint density at radius 1 is 1.21 bits per heavy atom. The minimum atomic E-state index is -0.877. The van der Waals surface area contributed by atoms with Gasteiger partial charge in [-0.25, -0.2) is 9.59 Å². The lowest BCUT2D eigenvalue weighted by Gasteiger charge is -2.23. The van der Waals surface area contributed by atoms with Gasteiger partial charge in [0, 0.05) is 5.92 Å². The molecule has 5 heteroatoms. The maximum Gasteiger partial charge on any atom is 0.407 e. The largest absolute Gasteiger partial charge is 0.467 e. The normalized spacial score (nSPS) is 12.9. The van der Waals surface area contributed by atoms with Gasteiger partial charge in [-0.1, -0.05) is 36.4 Å². The molecule has 0 aromatic heterocycles. The third-order valence-corrected chi connectivity index (χ3v) is 2.71. The number of rotatable bonds is 5. The maximum absolute atomic E-state index is 11.8. The topological polar surface area (TPSA) is 64.6 Å². The van der Waals surface area contributed by atoms with Gasteiger partial charge < -0.3 is 14.8 Å². The van der Waals surface area contributed by atoms with Crippen LogP contribution in [0.3, 0.4) is 0 Å². The summed E-state index contributed by atoms with van der Waals surface area (Å²) in [6, 6.07) is 8.38. The van der Waals surface area contributed by atoms with E-state index in [0.29, 0.717) is 0 Å². The summed E-state index contributed by atoms with van der Waals surface area (Å²) in [5, 5.41) is 2.46. The number of nitrogens with one attached hydrogen (secondary N) is 1. The Morgan fingerprint density at radius 3 is 2.32 bits per heavy atom. The Bertz CT molecular complexity index is 444. The predicted octanol–water partition coefficient (Wildman–Crippen LogP) is 1.85. The number of esters is 1. The number of hydrogen-bond acceptors (Lipinski definition) is 4. The van der Waals surface area contributed by atoms with Crippen molar-refractivity contribution in [3.05, 3.63) is 48.6 Å². The minimum Gasteiger partial charge on any atom is -0.467 e. The highest BCUT2D eigenvalue weighted by Crippen LogP contribution is 2.21. The van der Waals surface area contributed by atoms with E-state index in [1.54, 1.807) is 6.08 Å². The fourth-order valence-electron chi connectivity index (χ4n) is 1.75. The number of alkyl carbamates (subject to hydrolysis) is 1. The fraction of sp³-hybridized carbons (Fsp3) is 0.286. The van der Waals surface area contributed by atoms with Crippen LogP contribution in [0.4, 0.5) is 4.79 Å². The van der Waals surface area contributed by atoms with Crippen molar-refractivity contribution in [1.29, 1.82) is 0 Å². The van der Waals surface area contributed by atoms with Crippen LogP contribution < -0.4 is 5.32 Å². The third-order valence-electron chi connectivity index (χ3n) is 2.71. The molecule has 5 nitrogen and oxygen atoms in total. The van der Waals surface area contributed by atoms with E-state index in [0.717, 1.165) is 5.56 Å². The van der Waals surface area contributed by atoms with E-state index in [9.17, 15) is 9.59 Å². The first-order valence-corrected chi connectivity index (χ1v) is 5.73. The van der Waals surface area contributed by atoms with Crippen LogP contribution in [0.2, 0.25) is 0 Å². The van der Waals surface area contributed by atoms with Gasteiger partial charge in [-0.3, -0.25) is 0 Å². The molecule has 0 saturated heterocycles. The van der Waals surface area contributed by atoms with Crippen LogP contribution in [0.25, 0.3) is 0 Å². The van der Waals surface area contributed by atoms with Gasteiger partial charge in [0.2, 0.25) is 0 Å². The monoisotopic (exact) mass is 263 g/mol. The Labute approximate surface area is 112 Å². The first-order chi connectivity index (χ1) is 9.13. The van der Waals surface area contributed by atoms with Gasteiger partial charge in [0.25, 0.3) is 0 Å². The number of carbonyl (C=O) groups excluding carboxylic acids is 2. The van der Waals surface area contributed by atoms with Crippen LogP contribution in [0.1, 0.15) is 11.5 Å². The molecular weight excluding hydrogens is 246 g/mol. The second kappa shape index (κ2) is 7.20. The zero-order chi connectivity index (χ0) is 14.3. The first kappa shape index (κ1) is 14.8. The molecule has 0 saturated carbocycles. The van der Waals surface area contributed by atoms with Crippen LogP contribution >= 0.6 is 0 Å². The number of methoxy groups -OCH3 is 2. The van der Waals surface area contributed by atoms with Crippen molar-refractivity contribution in [3.8, 4) is 0 Å². The van der Waals surface area contributed by atoms with Gasteiger partial charge in [-0.15, -0.1) is 6.58 Å². The molecule has 0 aliphatic heterocycles. The molecule has 1 aromatic rings. The number of hydrogen-bond donors (Lipinski definition) is 1. The zero-order valence-corrected chi connectivity index (χ0v) is 11.0. The summed E-state index contributed by atoms with van der Waals surface area (Å²) in [4.78, 5) is 23.1. The Hall–Kier alpha value is -2.30. The highest BCUT2D eigenvalue weighted by molar-refractivity contribution is 5.82. The van der Waals surface area contributed by atoms with Crippen LogP contribution in [0.5, 0.6) is 0 Å². The van der Waals surface area contributed by atoms with E-state index in [4.69, 9.17) is 4.74 Å².